The van der Waals surface area contributed by atoms with Crippen LogP contribution in [0.25, 0.3) is 0 Å². The van der Waals surface area contributed by atoms with Crippen LogP contribution in [-0.2, 0) is 4.79 Å². The molecule has 10 heavy (non-hydrogen) atoms. The van der Waals surface area contributed by atoms with Crippen molar-refractivity contribution >= 4 is 6.41 Å². The molecule has 0 aliphatic heterocycles. The number of allylic oxidation sites excluding steroid dienone is 1. The van der Waals surface area contributed by atoms with E-state index in [9.17, 15) is 4.79 Å². The molecule has 2 heteroatoms. The average Bonchev–Trinajstić information content (AvgIpc) is 1.86. The summed E-state index contributed by atoms with van der Waals surface area (Å²) >= 11 is 0. The molecular formula is C8H12NO. The quantitative estimate of drug-likeness (QED) is 0.425. The van der Waals surface area contributed by atoms with Gasteiger partial charge in [-0.1, -0.05) is 11.6 Å². The van der Waals surface area contributed by atoms with Gasteiger partial charge in [-0.3, -0.25) is 4.79 Å². The molecule has 0 aliphatic carbocycles. The molecule has 1 radical (unpaired) electrons. The van der Waals surface area contributed by atoms with Crippen LogP contribution in [0.4, 0.5) is 0 Å². The van der Waals surface area contributed by atoms with Crippen molar-refractivity contribution in [2.75, 3.05) is 6.54 Å². The van der Waals surface area contributed by atoms with Crippen LogP contribution in [0.3, 0.4) is 0 Å². The Morgan fingerprint density at radius 1 is 1.70 bits per heavy atom. The van der Waals surface area contributed by atoms with Crippen LogP contribution in [0.2, 0.25) is 0 Å². The van der Waals surface area contributed by atoms with Crippen LogP contribution < -0.4 is 0 Å². The molecule has 0 fully saturated rings. The fourth-order valence-corrected chi connectivity index (χ4v) is 0.567. The van der Waals surface area contributed by atoms with Crippen LogP contribution in [0.15, 0.2) is 24.4 Å². The smallest absolute Gasteiger partial charge is 0.307 e. The van der Waals surface area contributed by atoms with Gasteiger partial charge in [-0.2, -0.15) is 0 Å². The Bertz CT molecular complexity index is 145. The van der Waals surface area contributed by atoms with Crippen molar-refractivity contribution in [1.29, 1.82) is 0 Å². The lowest BCUT2D eigenvalue weighted by Crippen LogP contribution is -2.14. The average molecular weight is 138 g/mol. The van der Waals surface area contributed by atoms with Crippen molar-refractivity contribution in [2.45, 2.75) is 13.8 Å². The van der Waals surface area contributed by atoms with Crippen molar-refractivity contribution in [2.24, 2.45) is 0 Å². The normalized spacial score (nSPS) is 8.20. The molecule has 0 heterocycles. The third-order valence-electron chi connectivity index (χ3n) is 0.857. The number of rotatable bonds is 4. The maximum absolute atomic E-state index is 10.1. The van der Waals surface area contributed by atoms with E-state index in [0.29, 0.717) is 6.54 Å². The summed E-state index contributed by atoms with van der Waals surface area (Å²) in [6, 6.07) is 0. The van der Waals surface area contributed by atoms with Crippen LogP contribution in [-0.4, -0.2) is 17.9 Å². The summed E-state index contributed by atoms with van der Waals surface area (Å²) in [5.41, 5.74) is 1.07. The Morgan fingerprint density at radius 2 is 2.30 bits per heavy atom. The van der Waals surface area contributed by atoms with E-state index >= 15 is 0 Å². The fraction of sp³-hybridized carbons (Fsp3) is 0.375. The molecule has 0 aliphatic rings. The van der Waals surface area contributed by atoms with Crippen LogP contribution in [0.1, 0.15) is 13.8 Å². The molecule has 0 saturated carbocycles. The van der Waals surface area contributed by atoms with E-state index in [1.807, 2.05) is 13.8 Å². The molecule has 0 aromatic carbocycles. The summed E-state index contributed by atoms with van der Waals surface area (Å²) in [5.74, 6) is 0. The number of carbonyl (C=O) groups excluding carboxylic acids is 1. The molecule has 0 aromatic rings. The zero-order valence-corrected chi connectivity index (χ0v) is 6.42. The van der Waals surface area contributed by atoms with Crippen LogP contribution >= 0.6 is 0 Å². The Morgan fingerprint density at radius 3 is 2.60 bits per heavy atom. The molecule has 0 saturated heterocycles. The number of hydrogen-bond acceptors (Lipinski definition) is 1. The van der Waals surface area contributed by atoms with Gasteiger partial charge in [-0.15, -0.1) is 6.58 Å². The SMILES string of the molecule is C=CCN([C]=O)C=C(C)C. The van der Waals surface area contributed by atoms with Crippen molar-refractivity contribution < 1.29 is 4.79 Å². The maximum Gasteiger partial charge on any atom is 0.316 e. The second-order valence-electron chi connectivity index (χ2n) is 2.24. The minimum absolute atomic E-state index is 0.523. The highest BCUT2D eigenvalue weighted by Gasteiger charge is 1.92. The highest BCUT2D eigenvalue weighted by Crippen LogP contribution is 1.92. The second-order valence-corrected chi connectivity index (χ2v) is 2.24. The zero-order valence-electron chi connectivity index (χ0n) is 6.42. The third-order valence-corrected chi connectivity index (χ3v) is 0.857. The first-order valence-electron chi connectivity index (χ1n) is 3.11. The lowest BCUT2D eigenvalue weighted by atomic mass is 10.4. The largest absolute Gasteiger partial charge is 0.316 e. The monoisotopic (exact) mass is 138 g/mol. The van der Waals surface area contributed by atoms with Gasteiger partial charge in [-0.05, 0) is 13.8 Å². The second kappa shape index (κ2) is 4.79. The summed E-state index contributed by atoms with van der Waals surface area (Å²) in [6.45, 7) is 7.88. The summed E-state index contributed by atoms with van der Waals surface area (Å²) in [4.78, 5) is 11.6. The van der Waals surface area contributed by atoms with Gasteiger partial charge in [-0.25, -0.2) is 0 Å². The Hall–Kier alpha value is -1.05. The topological polar surface area (TPSA) is 20.3 Å². The molecule has 55 valence electrons. The van der Waals surface area contributed by atoms with E-state index in [1.54, 1.807) is 18.7 Å². The van der Waals surface area contributed by atoms with Gasteiger partial charge in [0.15, 0.2) is 0 Å². The lowest BCUT2D eigenvalue weighted by molar-refractivity contribution is 0.482. The van der Waals surface area contributed by atoms with E-state index in [1.165, 1.54) is 4.90 Å². The van der Waals surface area contributed by atoms with Gasteiger partial charge >= 0.3 is 6.41 Å². The van der Waals surface area contributed by atoms with Gasteiger partial charge in [0.2, 0.25) is 0 Å². The van der Waals surface area contributed by atoms with Gasteiger partial charge in [0, 0.05) is 12.7 Å². The van der Waals surface area contributed by atoms with Crippen LogP contribution in [0.5, 0.6) is 0 Å². The van der Waals surface area contributed by atoms with E-state index in [2.05, 4.69) is 6.58 Å². The minimum Gasteiger partial charge on any atom is -0.307 e. The van der Waals surface area contributed by atoms with Gasteiger partial charge in [0.1, 0.15) is 0 Å². The Balaban J connectivity index is 3.94. The Labute approximate surface area is 61.8 Å². The predicted molar refractivity (Wildman–Crippen MR) is 42.0 cm³/mol. The molecule has 0 spiro atoms. The van der Waals surface area contributed by atoms with Crippen molar-refractivity contribution in [1.82, 2.24) is 4.90 Å². The summed E-state index contributed by atoms with van der Waals surface area (Å²) in [6.07, 6.45) is 5.16. The number of nitrogens with zero attached hydrogens (tertiary/aromatic N) is 1. The molecule has 0 N–H and O–H groups in total. The maximum atomic E-state index is 10.1. The van der Waals surface area contributed by atoms with E-state index in [0.717, 1.165) is 5.57 Å². The summed E-state index contributed by atoms with van der Waals surface area (Å²) < 4.78 is 0. The van der Waals surface area contributed by atoms with Gasteiger partial charge in [0.05, 0.1) is 0 Å². The molecule has 0 aromatic heterocycles. The van der Waals surface area contributed by atoms with Gasteiger partial charge in [0.25, 0.3) is 0 Å². The molecule has 2 nitrogen and oxygen atoms in total. The van der Waals surface area contributed by atoms with E-state index in [-0.39, 0.29) is 0 Å². The standard InChI is InChI=1S/C8H12NO/c1-4-5-9(7-10)6-8(2)3/h4,6H,1,5H2,2-3H3. The summed E-state index contributed by atoms with van der Waals surface area (Å²) in [7, 11) is 0. The van der Waals surface area contributed by atoms with Crippen LogP contribution in [0, 0.1) is 0 Å². The highest BCUT2D eigenvalue weighted by molar-refractivity contribution is 5.50. The van der Waals surface area contributed by atoms with E-state index in [4.69, 9.17) is 0 Å². The first kappa shape index (κ1) is 8.95. The fourth-order valence-electron chi connectivity index (χ4n) is 0.567. The Kier molecular flexibility index (Phi) is 4.29. The molecule has 0 unspecified atom stereocenters. The molecule has 0 rings (SSSR count). The molecule has 0 bridgehead atoms. The molecule has 0 atom stereocenters. The first-order chi connectivity index (χ1) is 4.70. The number of amides is 1. The first-order valence-corrected chi connectivity index (χ1v) is 3.11. The van der Waals surface area contributed by atoms with Crippen molar-refractivity contribution in [3.63, 3.8) is 0 Å². The number of hydrogen-bond donors (Lipinski definition) is 0. The minimum atomic E-state index is 0.523. The third kappa shape index (κ3) is 3.89. The van der Waals surface area contributed by atoms with Crippen molar-refractivity contribution in [3.05, 3.63) is 24.4 Å². The highest BCUT2D eigenvalue weighted by atomic mass is 16.1. The van der Waals surface area contributed by atoms with Crippen molar-refractivity contribution in [3.8, 4) is 0 Å². The molecule has 1 amide bonds. The summed E-state index contributed by atoms with van der Waals surface area (Å²) in [5, 5.41) is 0. The predicted octanol–water partition coefficient (Wildman–Crippen LogP) is 1.47. The van der Waals surface area contributed by atoms with E-state index < -0.39 is 0 Å². The zero-order chi connectivity index (χ0) is 7.98. The molecular weight excluding hydrogens is 126 g/mol. The van der Waals surface area contributed by atoms with Gasteiger partial charge < -0.3 is 4.90 Å². The lowest BCUT2D eigenvalue weighted by Gasteiger charge is -2.07.